The molecule has 1 rings (SSSR count). The highest BCUT2D eigenvalue weighted by Crippen LogP contribution is 2.23. The second-order valence-corrected chi connectivity index (χ2v) is 3.46. The second kappa shape index (κ2) is 7.12. The van der Waals surface area contributed by atoms with E-state index in [-0.39, 0.29) is 0 Å². The van der Waals surface area contributed by atoms with Crippen molar-refractivity contribution in [3.8, 4) is 11.5 Å². The van der Waals surface area contributed by atoms with Gasteiger partial charge in [0, 0.05) is 13.2 Å². The van der Waals surface area contributed by atoms with Crippen molar-refractivity contribution < 1.29 is 14.2 Å². The van der Waals surface area contributed by atoms with E-state index in [2.05, 4.69) is 6.92 Å². The number of hydrogen-bond donors (Lipinski definition) is 0. The summed E-state index contributed by atoms with van der Waals surface area (Å²) in [6.45, 7) is 4.97. The van der Waals surface area contributed by atoms with Gasteiger partial charge in [-0.05, 0) is 30.5 Å². The molecule has 0 fully saturated rings. The summed E-state index contributed by atoms with van der Waals surface area (Å²) in [4.78, 5) is 0. The molecule has 0 aliphatic carbocycles. The Kier molecular flexibility index (Phi) is 5.72. The third kappa shape index (κ3) is 4.11. The van der Waals surface area contributed by atoms with Crippen LogP contribution in [0.1, 0.15) is 12.0 Å². The lowest BCUT2D eigenvalue weighted by atomic mass is 10.1. The molecule has 0 N–H and O–H groups in total. The lowest BCUT2D eigenvalue weighted by Gasteiger charge is -2.10. The standard InChI is InChI=1S/C13H19O3/c1-4-5-11-8-12(15-3)10-13(9-11)16-7-6-14-2/h8-10H,1,4-7H2,2-3H3. The van der Waals surface area contributed by atoms with E-state index in [1.165, 1.54) is 5.56 Å². The zero-order valence-electron chi connectivity index (χ0n) is 9.99. The summed E-state index contributed by atoms with van der Waals surface area (Å²) in [5.74, 6) is 1.64. The summed E-state index contributed by atoms with van der Waals surface area (Å²) < 4.78 is 15.7. The van der Waals surface area contributed by atoms with Gasteiger partial charge in [-0.1, -0.05) is 6.92 Å². The van der Waals surface area contributed by atoms with Gasteiger partial charge in [-0.15, -0.1) is 0 Å². The first kappa shape index (κ1) is 12.8. The van der Waals surface area contributed by atoms with Gasteiger partial charge in [-0.3, -0.25) is 0 Å². The van der Waals surface area contributed by atoms with Gasteiger partial charge in [-0.2, -0.15) is 0 Å². The number of benzene rings is 1. The van der Waals surface area contributed by atoms with Crippen LogP contribution in [0.5, 0.6) is 11.5 Å². The zero-order chi connectivity index (χ0) is 11.8. The first-order chi connectivity index (χ1) is 7.80. The van der Waals surface area contributed by atoms with E-state index in [9.17, 15) is 0 Å². The number of aryl methyl sites for hydroxylation is 1. The Morgan fingerprint density at radius 2 is 1.81 bits per heavy atom. The summed E-state index contributed by atoms with van der Waals surface area (Å²) in [7, 11) is 3.31. The van der Waals surface area contributed by atoms with E-state index in [0.717, 1.165) is 24.3 Å². The van der Waals surface area contributed by atoms with Crippen LogP contribution in [0.25, 0.3) is 0 Å². The molecule has 0 atom stereocenters. The quantitative estimate of drug-likeness (QED) is 0.665. The lowest BCUT2D eigenvalue weighted by Crippen LogP contribution is -2.04. The van der Waals surface area contributed by atoms with E-state index in [0.29, 0.717) is 13.2 Å². The van der Waals surface area contributed by atoms with Crippen molar-refractivity contribution >= 4 is 0 Å². The van der Waals surface area contributed by atoms with Crippen molar-refractivity contribution in [3.63, 3.8) is 0 Å². The van der Waals surface area contributed by atoms with Gasteiger partial charge in [0.15, 0.2) is 0 Å². The van der Waals surface area contributed by atoms with E-state index in [4.69, 9.17) is 14.2 Å². The number of methoxy groups -OCH3 is 2. The van der Waals surface area contributed by atoms with Crippen LogP contribution in [0.15, 0.2) is 18.2 Å². The van der Waals surface area contributed by atoms with Crippen LogP contribution in [0, 0.1) is 6.92 Å². The first-order valence-corrected chi connectivity index (χ1v) is 5.39. The van der Waals surface area contributed by atoms with Gasteiger partial charge in [0.25, 0.3) is 0 Å². The SMILES string of the molecule is [CH2]CCc1cc(OC)cc(OCCOC)c1. The lowest BCUT2D eigenvalue weighted by molar-refractivity contribution is 0.146. The molecule has 1 radical (unpaired) electrons. The van der Waals surface area contributed by atoms with Crippen molar-refractivity contribution in [2.75, 3.05) is 27.4 Å². The molecule has 1 aromatic carbocycles. The molecule has 0 saturated carbocycles. The fraction of sp³-hybridized carbons (Fsp3) is 0.462. The Morgan fingerprint density at radius 1 is 1.06 bits per heavy atom. The maximum absolute atomic E-state index is 5.55. The maximum atomic E-state index is 5.55. The summed E-state index contributed by atoms with van der Waals surface area (Å²) in [6.07, 6.45) is 1.79. The summed E-state index contributed by atoms with van der Waals surface area (Å²) in [5, 5.41) is 0. The fourth-order valence-electron chi connectivity index (χ4n) is 1.42. The summed E-state index contributed by atoms with van der Waals surface area (Å²) in [6, 6.07) is 5.90. The molecule has 0 aliphatic rings. The molecule has 0 aliphatic heterocycles. The average Bonchev–Trinajstić information content (AvgIpc) is 2.29. The minimum absolute atomic E-state index is 0.549. The highest BCUT2D eigenvalue weighted by atomic mass is 16.5. The Labute approximate surface area is 97.3 Å². The third-order valence-corrected chi connectivity index (χ3v) is 2.20. The molecular formula is C13H19O3. The van der Waals surface area contributed by atoms with Gasteiger partial charge in [0.05, 0.1) is 13.7 Å². The number of rotatable bonds is 7. The van der Waals surface area contributed by atoms with Crippen LogP contribution in [0.4, 0.5) is 0 Å². The Hall–Kier alpha value is -1.22. The van der Waals surface area contributed by atoms with Gasteiger partial charge in [0.1, 0.15) is 18.1 Å². The topological polar surface area (TPSA) is 27.7 Å². The zero-order valence-corrected chi connectivity index (χ0v) is 9.99. The van der Waals surface area contributed by atoms with Crippen LogP contribution in [-0.2, 0) is 11.2 Å². The van der Waals surface area contributed by atoms with E-state index >= 15 is 0 Å². The van der Waals surface area contributed by atoms with Gasteiger partial charge < -0.3 is 14.2 Å². The highest BCUT2D eigenvalue weighted by Gasteiger charge is 2.02. The minimum Gasteiger partial charge on any atom is -0.497 e. The van der Waals surface area contributed by atoms with Crippen LogP contribution >= 0.6 is 0 Å². The first-order valence-electron chi connectivity index (χ1n) is 5.39. The number of ether oxygens (including phenoxy) is 3. The fourth-order valence-corrected chi connectivity index (χ4v) is 1.42. The molecule has 0 heterocycles. The molecule has 89 valence electrons. The largest absolute Gasteiger partial charge is 0.497 e. The second-order valence-electron chi connectivity index (χ2n) is 3.46. The molecule has 0 amide bonds. The van der Waals surface area contributed by atoms with E-state index < -0.39 is 0 Å². The third-order valence-electron chi connectivity index (χ3n) is 2.20. The van der Waals surface area contributed by atoms with Crippen molar-refractivity contribution in [2.24, 2.45) is 0 Å². The maximum Gasteiger partial charge on any atom is 0.123 e. The van der Waals surface area contributed by atoms with E-state index in [1.54, 1.807) is 14.2 Å². The van der Waals surface area contributed by atoms with Crippen LogP contribution in [0.2, 0.25) is 0 Å². The van der Waals surface area contributed by atoms with Gasteiger partial charge in [-0.25, -0.2) is 0 Å². The molecule has 0 aromatic heterocycles. The molecular weight excluding hydrogens is 204 g/mol. The van der Waals surface area contributed by atoms with Crippen molar-refractivity contribution in [1.29, 1.82) is 0 Å². The Bertz CT molecular complexity index is 310. The molecule has 3 nitrogen and oxygen atoms in total. The van der Waals surface area contributed by atoms with Gasteiger partial charge in [0.2, 0.25) is 0 Å². The Morgan fingerprint density at radius 3 is 2.44 bits per heavy atom. The van der Waals surface area contributed by atoms with Crippen molar-refractivity contribution in [2.45, 2.75) is 12.8 Å². The molecule has 0 unspecified atom stereocenters. The predicted molar refractivity (Wildman–Crippen MR) is 64.0 cm³/mol. The molecule has 0 saturated heterocycles. The molecule has 0 bridgehead atoms. The minimum atomic E-state index is 0.549. The highest BCUT2D eigenvalue weighted by molar-refractivity contribution is 5.38. The van der Waals surface area contributed by atoms with Crippen LogP contribution in [-0.4, -0.2) is 27.4 Å². The molecule has 16 heavy (non-hydrogen) atoms. The predicted octanol–water partition coefficient (Wildman–Crippen LogP) is 2.49. The van der Waals surface area contributed by atoms with E-state index in [1.807, 2.05) is 18.2 Å². The Balaban J connectivity index is 2.69. The number of hydrogen-bond acceptors (Lipinski definition) is 3. The normalized spacial score (nSPS) is 10.2. The van der Waals surface area contributed by atoms with Crippen molar-refractivity contribution in [1.82, 2.24) is 0 Å². The molecule has 3 heteroatoms. The average molecular weight is 223 g/mol. The monoisotopic (exact) mass is 223 g/mol. The summed E-state index contributed by atoms with van der Waals surface area (Å²) >= 11 is 0. The van der Waals surface area contributed by atoms with Crippen molar-refractivity contribution in [3.05, 3.63) is 30.7 Å². The smallest absolute Gasteiger partial charge is 0.123 e. The van der Waals surface area contributed by atoms with Crippen LogP contribution in [0.3, 0.4) is 0 Å². The van der Waals surface area contributed by atoms with Gasteiger partial charge >= 0.3 is 0 Å². The molecule has 1 aromatic rings. The molecule has 0 spiro atoms. The van der Waals surface area contributed by atoms with Crippen LogP contribution < -0.4 is 9.47 Å². The summed E-state index contributed by atoms with van der Waals surface area (Å²) in [5.41, 5.74) is 1.18.